The molecule has 0 spiro atoms. The number of benzene rings is 1. The maximum atomic E-state index is 6.27. The molecule has 6 rings (SSSR count). The number of rotatable bonds is 5. The lowest BCUT2D eigenvalue weighted by atomic mass is 9.47. The van der Waals surface area contributed by atoms with Crippen LogP contribution in [0.25, 0.3) is 0 Å². The predicted octanol–water partition coefficient (Wildman–Crippen LogP) is 6.69. The molecule has 0 bridgehead atoms. The van der Waals surface area contributed by atoms with Crippen LogP contribution in [0.4, 0.5) is 11.4 Å². The predicted molar refractivity (Wildman–Crippen MR) is 145 cm³/mol. The van der Waals surface area contributed by atoms with Crippen LogP contribution in [0.1, 0.15) is 64.4 Å². The second kappa shape index (κ2) is 8.81. The van der Waals surface area contributed by atoms with Crippen molar-refractivity contribution in [3.05, 3.63) is 77.8 Å². The van der Waals surface area contributed by atoms with E-state index in [1.165, 1.54) is 56.2 Å². The summed E-state index contributed by atoms with van der Waals surface area (Å²) in [5.41, 5.74) is 13.2. The molecular formula is C31H40N4. The molecule has 2 aromatic rings. The minimum absolute atomic E-state index is 0.231. The van der Waals surface area contributed by atoms with Crippen molar-refractivity contribution in [1.82, 2.24) is 10.3 Å². The lowest BCUT2D eigenvalue weighted by Gasteiger charge is -2.58. The molecular weight excluding hydrogens is 428 g/mol. The number of nitrogens with two attached hydrogens (primary N) is 1. The van der Waals surface area contributed by atoms with Crippen LogP contribution in [0.3, 0.4) is 0 Å². The Morgan fingerprint density at radius 3 is 2.57 bits per heavy atom. The summed E-state index contributed by atoms with van der Waals surface area (Å²) in [7, 11) is 0. The van der Waals surface area contributed by atoms with E-state index in [-0.39, 0.29) is 5.41 Å². The Morgan fingerprint density at radius 1 is 0.943 bits per heavy atom. The summed E-state index contributed by atoms with van der Waals surface area (Å²) in [6, 6.07) is 13.0. The van der Waals surface area contributed by atoms with Gasteiger partial charge in [-0.05, 0) is 97.9 Å². The fourth-order valence-corrected chi connectivity index (χ4v) is 8.12. The maximum absolute atomic E-state index is 6.27. The smallest absolute Gasteiger partial charge is 0.0615 e. The zero-order chi connectivity index (χ0) is 24.0. The van der Waals surface area contributed by atoms with Crippen LogP contribution in [-0.4, -0.2) is 11.0 Å². The summed E-state index contributed by atoms with van der Waals surface area (Å²) < 4.78 is 0. The monoisotopic (exact) mass is 468 g/mol. The zero-order valence-electron chi connectivity index (χ0n) is 21.3. The van der Waals surface area contributed by atoms with Gasteiger partial charge in [0.25, 0.3) is 0 Å². The van der Waals surface area contributed by atoms with E-state index in [1.807, 2.05) is 24.5 Å². The first-order valence-corrected chi connectivity index (χ1v) is 13.6. The third-order valence-electron chi connectivity index (χ3n) is 10.3. The second-order valence-corrected chi connectivity index (χ2v) is 12.0. The molecule has 35 heavy (non-hydrogen) atoms. The lowest BCUT2D eigenvalue weighted by Crippen LogP contribution is -2.51. The molecule has 1 aromatic carbocycles. The number of hydrogen-bond acceptors (Lipinski definition) is 4. The molecule has 4 N–H and O–H groups in total. The summed E-state index contributed by atoms with van der Waals surface area (Å²) in [6.45, 7) is 6.06. The van der Waals surface area contributed by atoms with E-state index in [1.54, 1.807) is 5.57 Å². The van der Waals surface area contributed by atoms with Gasteiger partial charge in [-0.3, -0.25) is 4.98 Å². The van der Waals surface area contributed by atoms with E-state index in [0.29, 0.717) is 11.5 Å². The molecule has 184 valence electrons. The SMILES string of the molecule is CC12CCC(NCc3ccncc3)CC1=CCC1C2CCC2(C)C(Nc3ccccc3N)=CCC12. The number of pyridine rings is 1. The van der Waals surface area contributed by atoms with Gasteiger partial charge < -0.3 is 16.4 Å². The van der Waals surface area contributed by atoms with Gasteiger partial charge in [0.2, 0.25) is 0 Å². The van der Waals surface area contributed by atoms with Crippen LogP contribution < -0.4 is 16.4 Å². The topological polar surface area (TPSA) is 63.0 Å². The van der Waals surface area contributed by atoms with Gasteiger partial charge in [0.15, 0.2) is 0 Å². The van der Waals surface area contributed by atoms with Gasteiger partial charge in [-0.15, -0.1) is 0 Å². The molecule has 6 unspecified atom stereocenters. The fourth-order valence-electron chi connectivity index (χ4n) is 8.12. The van der Waals surface area contributed by atoms with E-state index < -0.39 is 0 Å². The number of allylic oxidation sites excluding steroid dienone is 3. The normalized spacial score (nSPS) is 35.8. The molecule has 1 heterocycles. The van der Waals surface area contributed by atoms with Crippen LogP contribution in [0.15, 0.2) is 72.2 Å². The molecule has 4 aliphatic carbocycles. The highest BCUT2D eigenvalue weighted by atomic mass is 14.9. The highest BCUT2D eigenvalue weighted by Gasteiger charge is 2.56. The third kappa shape index (κ3) is 3.91. The number of nitrogens with zero attached hydrogens (tertiary/aromatic N) is 1. The van der Waals surface area contributed by atoms with Gasteiger partial charge in [-0.25, -0.2) is 0 Å². The van der Waals surface area contributed by atoms with E-state index >= 15 is 0 Å². The van der Waals surface area contributed by atoms with Gasteiger partial charge in [0, 0.05) is 36.1 Å². The summed E-state index contributed by atoms with van der Waals surface area (Å²) in [5, 5.41) is 7.59. The van der Waals surface area contributed by atoms with Crippen LogP contribution in [0, 0.1) is 28.6 Å². The van der Waals surface area contributed by atoms with Crippen molar-refractivity contribution in [1.29, 1.82) is 0 Å². The average Bonchev–Trinajstić information content (AvgIpc) is 3.21. The highest BCUT2D eigenvalue weighted by Crippen LogP contribution is 2.64. The van der Waals surface area contributed by atoms with E-state index in [0.717, 1.165) is 35.7 Å². The van der Waals surface area contributed by atoms with Crippen molar-refractivity contribution in [3.63, 3.8) is 0 Å². The van der Waals surface area contributed by atoms with Crippen molar-refractivity contribution in [2.75, 3.05) is 11.1 Å². The quantitative estimate of drug-likeness (QED) is 0.338. The summed E-state index contributed by atoms with van der Waals surface area (Å²) >= 11 is 0. The van der Waals surface area contributed by atoms with Crippen LogP contribution in [-0.2, 0) is 6.54 Å². The van der Waals surface area contributed by atoms with Crippen LogP contribution >= 0.6 is 0 Å². The maximum Gasteiger partial charge on any atom is 0.0615 e. The number of para-hydroxylation sites is 2. The van der Waals surface area contributed by atoms with Gasteiger partial charge in [-0.2, -0.15) is 0 Å². The lowest BCUT2D eigenvalue weighted by molar-refractivity contribution is -0.0187. The molecule has 4 heteroatoms. The Morgan fingerprint density at radius 2 is 1.74 bits per heavy atom. The van der Waals surface area contributed by atoms with Crippen molar-refractivity contribution < 1.29 is 0 Å². The third-order valence-corrected chi connectivity index (χ3v) is 10.3. The standard InChI is InChI=1S/C31H40N4/c1-30-15-11-23(34-20-21-13-17-33-18-14-21)19-22(30)7-8-24-25-9-10-29(31(25,2)16-12-26(24)30)35-28-6-4-3-5-27(28)32/h3-7,10,13-14,17-18,23-26,34-35H,8-9,11-12,15-16,19-20,32H2,1-2H3. The number of aromatic nitrogens is 1. The Hall–Kier alpha value is -2.59. The van der Waals surface area contributed by atoms with Gasteiger partial charge in [0.05, 0.1) is 11.4 Å². The first-order valence-electron chi connectivity index (χ1n) is 13.6. The summed E-state index contributed by atoms with van der Waals surface area (Å²) in [6.07, 6.45) is 17.8. The molecule has 0 amide bonds. The van der Waals surface area contributed by atoms with Gasteiger partial charge in [-0.1, -0.05) is 43.7 Å². The number of fused-ring (bicyclic) bond motifs is 5. The van der Waals surface area contributed by atoms with Crippen molar-refractivity contribution in [2.45, 2.75) is 71.4 Å². The Kier molecular flexibility index (Phi) is 5.75. The number of nitrogens with one attached hydrogen (secondary N) is 2. The van der Waals surface area contributed by atoms with Crippen LogP contribution in [0.5, 0.6) is 0 Å². The van der Waals surface area contributed by atoms with Gasteiger partial charge >= 0.3 is 0 Å². The molecule has 4 aliphatic rings. The molecule has 6 atom stereocenters. The molecule has 0 saturated heterocycles. The zero-order valence-corrected chi connectivity index (χ0v) is 21.3. The summed E-state index contributed by atoms with van der Waals surface area (Å²) in [5.74, 6) is 2.33. The Bertz CT molecular complexity index is 1140. The molecule has 1 aromatic heterocycles. The Labute approximate surface area is 210 Å². The van der Waals surface area contributed by atoms with Gasteiger partial charge in [0.1, 0.15) is 0 Å². The van der Waals surface area contributed by atoms with E-state index in [9.17, 15) is 0 Å². The first-order chi connectivity index (χ1) is 17.0. The number of anilines is 2. The fraction of sp³-hybridized carbons (Fsp3) is 0.516. The highest BCUT2D eigenvalue weighted by molar-refractivity contribution is 5.68. The molecule has 0 radical (unpaired) electrons. The Balaban J connectivity index is 1.16. The number of nitrogen functional groups attached to an aromatic ring is 1. The van der Waals surface area contributed by atoms with Crippen molar-refractivity contribution in [3.8, 4) is 0 Å². The van der Waals surface area contributed by atoms with Crippen LogP contribution in [0.2, 0.25) is 0 Å². The minimum atomic E-state index is 0.231. The van der Waals surface area contributed by atoms with E-state index in [2.05, 4.69) is 65.9 Å². The molecule has 2 saturated carbocycles. The van der Waals surface area contributed by atoms with Crippen molar-refractivity contribution in [2.24, 2.45) is 28.6 Å². The molecule has 2 fully saturated rings. The summed E-state index contributed by atoms with van der Waals surface area (Å²) in [4.78, 5) is 4.15. The first kappa shape index (κ1) is 22.8. The number of hydrogen-bond donors (Lipinski definition) is 3. The largest absolute Gasteiger partial charge is 0.397 e. The average molecular weight is 469 g/mol. The minimum Gasteiger partial charge on any atom is -0.397 e. The molecule has 0 aliphatic heterocycles. The molecule has 4 nitrogen and oxygen atoms in total. The second-order valence-electron chi connectivity index (χ2n) is 12.0. The van der Waals surface area contributed by atoms with E-state index in [4.69, 9.17) is 5.73 Å². The van der Waals surface area contributed by atoms with Crippen molar-refractivity contribution >= 4 is 11.4 Å².